The molecule has 2 rings (SSSR count). The number of sulfone groups is 1. The number of carbonyl (C=O) groups excluding carboxylic acids is 1. The Morgan fingerprint density at radius 1 is 1.08 bits per heavy atom. The van der Waals surface area contributed by atoms with Crippen LogP contribution in [-0.4, -0.2) is 27.2 Å². The Balaban J connectivity index is 1.98. The highest BCUT2D eigenvalue weighted by Gasteiger charge is 2.12. The molecular weight excluding hydrogens is 338 g/mol. The number of benzene rings is 2. The molecule has 0 saturated heterocycles. The third kappa shape index (κ3) is 5.06. The van der Waals surface area contributed by atoms with Crippen LogP contribution in [0, 0.1) is 20.8 Å². The van der Waals surface area contributed by atoms with E-state index in [0.717, 1.165) is 28.7 Å². The largest absolute Gasteiger partial charge is 0.493 e. The number of nitrogens with one attached hydrogen (secondary N) is 1. The van der Waals surface area contributed by atoms with Gasteiger partial charge >= 0.3 is 0 Å². The van der Waals surface area contributed by atoms with E-state index in [1.807, 2.05) is 39.0 Å². The lowest BCUT2D eigenvalue weighted by Crippen LogP contribution is -2.16. The van der Waals surface area contributed by atoms with E-state index in [0.29, 0.717) is 5.69 Å². The van der Waals surface area contributed by atoms with Gasteiger partial charge in [-0.05, 0) is 55.7 Å². The summed E-state index contributed by atoms with van der Waals surface area (Å²) in [7, 11) is -3.32. The molecule has 0 unspecified atom stereocenters. The van der Waals surface area contributed by atoms with Gasteiger partial charge in [0, 0.05) is 11.9 Å². The fourth-order valence-corrected chi connectivity index (χ4v) is 2.96. The molecule has 6 heteroatoms. The highest BCUT2D eigenvalue weighted by Crippen LogP contribution is 2.22. The number of hydrogen-bond acceptors (Lipinski definition) is 4. The number of carbonyl (C=O) groups is 1. The molecule has 0 saturated carbocycles. The summed E-state index contributed by atoms with van der Waals surface area (Å²) in [5.74, 6) is 0.544. The smallest absolute Gasteiger partial charge is 0.227 e. The second-order valence-corrected chi connectivity index (χ2v) is 8.11. The molecule has 1 N–H and O–H groups in total. The first-order chi connectivity index (χ1) is 11.7. The Labute approximate surface area is 148 Å². The molecule has 2 aromatic carbocycles. The minimum atomic E-state index is -3.32. The van der Waals surface area contributed by atoms with Crippen molar-refractivity contribution in [3.63, 3.8) is 0 Å². The van der Waals surface area contributed by atoms with Crippen LogP contribution in [0.25, 0.3) is 0 Å². The third-order valence-electron chi connectivity index (χ3n) is 4.05. The predicted octanol–water partition coefficient (Wildman–Crippen LogP) is 3.42. The van der Waals surface area contributed by atoms with Crippen LogP contribution in [0.1, 0.15) is 23.1 Å². The van der Waals surface area contributed by atoms with Gasteiger partial charge in [0.15, 0.2) is 9.84 Å². The molecule has 0 heterocycles. The first-order valence-corrected chi connectivity index (χ1v) is 9.87. The van der Waals surface area contributed by atoms with Crippen LogP contribution < -0.4 is 10.1 Å². The molecule has 0 fully saturated rings. The lowest BCUT2D eigenvalue weighted by atomic mass is 10.1. The van der Waals surface area contributed by atoms with Crippen molar-refractivity contribution < 1.29 is 17.9 Å². The average Bonchev–Trinajstić information content (AvgIpc) is 2.52. The molecule has 5 nitrogen and oxygen atoms in total. The van der Waals surface area contributed by atoms with Gasteiger partial charge in [0.05, 0.1) is 17.9 Å². The van der Waals surface area contributed by atoms with Crippen LogP contribution in [0.3, 0.4) is 0 Å². The van der Waals surface area contributed by atoms with Gasteiger partial charge in [-0.1, -0.05) is 18.2 Å². The van der Waals surface area contributed by atoms with Crippen molar-refractivity contribution in [2.45, 2.75) is 32.1 Å². The zero-order valence-corrected chi connectivity index (χ0v) is 15.7. The minimum Gasteiger partial charge on any atom is -0.493 e. The Bertz CT molecular complexity index is 888. The molecule has 0 spiro atoms. The van der Waals surface area contributed by atoms with Crippen LogP contribution in [-0.2, 0) is 14.6 Å². The summed E-state index contributed by atoms with van der Waals surface area (Å²) in [6.07, 6.45) is 1.32. The topological polar surface area (TPSA) is 72.5 Å². The highest BCUT2D eigenvalue weighted by molar-refractivity contribution is 7.90. The molecule has 0 aliphatic carbocycles. The molecule has 0 atom stereocenters. The normalized spacial score (nSPS) is 11.2. The summed E-state index contributed by atoms with van der Waals surface area (Å²) in [4.78, 5) is 12.3. The van der Waals surface area contributed by atoms with Gasteiger partial charge in [0.1, 0.15) is 5.75 Å². The van der Waals surface area contributed by atoms with E-state index in [1.165, 1.54) is 12.1 Å². The van der Waals surface area contributed by atoms with E-state index in [2.05, 4.69) is 5.32 Å². The van der Waals surface area contributed by atoms with Gasteiger partial charge in [-0.3, -0.25) is 4.79 Å². The maximum Gasteiger partial charge on any atom is 0.227 e. The number of amides is 1. The first kappa shape index (κ1) is 19.0. The lowest BCUT2D eigenvalue weighted by molar-refractivity contribution is -0.116. The molecule has 25 heavy (non-hydrogen) atoms. The molecule has 1 amide bonds. The van der Waals surface area contributed by atoms with Crippen molar-refractivity contribution in [2.24, 2.45) is 0 Å². The van der Waals surface area contributed by atoms with E-state index >= 15 is 0 Å². The quantitative estimate of drug-likeness (QED) is 0.856. The Kier molecular flexibility index (Phi) is 5.85. The fourth-order valence-electron chi connectivity index (χ4n) is 2.31. The Morgan fingerprint density at radius 3 is 2.48 bits per heavy atom. The van der Waals surface area contributed by atoms with E-state index in [1.54, 1.807) is 6.07 Å². The van der Waals surface area contributed by atoms with E-state index < -0.39 is 9.84 Å². The first-order valence-electron chi connectivity index (χ1n) is 7.98. The molecule has 0 bridgehead atoms. The molecule has 0 radical (unpaired) electrons. The van der Waals surface area contributed by atoms with Crippen molar-refractivity contribution in [2.75, 3.05) is 18.2 Å². The average molecular weight is 361 g/mol. The van der Waals surface area contributed by atoms with Crippen LogP contribution in [0.15, 0.2) is 41.3 Å². The molecular formula is C19H23NO4S. The second-order valence-electron chi connectivity index (χ2n) is 6.09. The van der Waals surface area contributed by atoms with Crippen LogP contribution >= 0.6 is 0 Å². The molecule has 134 valence electrons. The Morgan fingerprint density at radius 2 is 1.80 bits per heavy atom. The zero-order valence-electron chi connectivity index (χ0n) is 14.9. The standard InChI is InChI=1S/C19H23NO4S/c1-13-6-5-7-18(15(13)3)24-11-10-19(21)20-17-12-16(25(4,22)23)9-8-14(17)2/h5-9,12H,10-11H2,1-4H3,(H,20,21). The van der Waals surface area contributed by atoms with Crippen LogP contribution in [0.4, 0.5) is 5.69 Å². The van der Waals surface area contributed by atoms with Crippen molar-refractivity contribution in [1.82, 2.24) is 0 Å². The number of anilines is 1. The van der Waals surface area contributed by atoms with Crippen molar-refractivity contribution in [3.05, 3.63) is 53.1 Å². The summed E-state index contributed by atoms with van der Waals surface area (Å²) in [5.41, 5.74) is 3.49. The van der Waals surface area contributed by atoms with Gasteiger partial charge in [0.2, 0.25) is 5.91 Å². The van der Waals surface area contributed by atoms with Gasteiger partial charge in [-0.25, -0.2) is 8.42 Å². The molecule has 0 aromatic heterocycles. The van der Waals surface area contributed by atoms with Crippen molar-refractivity contribution >= 4 is 21.4 Å². The van der Waals surface area contributed by atoms with Crippen molar-refractivity contribution in [3.8, 4) is 5.75 Å². The van der Waals surface area contributed by atoms with Gasteiger partial charge in [0.25, 0.3) is 0 Å². The number of rotatable bonds is 6. The molecule has 0 aliphatic rings. The maximum absolute atomic E-state index is 12.1. The molecule has 2 aromatic rings. The zero-order chi connectivity index (χ0) is 18.6. The minimum absolute atomic E-state index is 0.177. The summed E-state index contributed by atoms with van der Waals surface area (Å²) >= 11 is 0. The lowest BCUT2D eigenvalue weighted by Gasteiger charge is -2.12. The number of aryl methyl sites for hydroxylation is 2. The second kappa shape index (κ2) is 7.70. The van der Waals surface area contributed by atoms with Gasteiger partial charge in [-0.2, -0.15) is 0 Å². The van der Waals surface area contributed by atoms with E-state index in [4.69, 9.17) is 4.74 Å². The van der Waals surface area contributed by atoms with E-state index in [9.17, 15) is 13.2 Å². The Hall–Kier alpha value is -2.34. The van der Waals surface area contributed by atoms with Crippen molar-refractivity contribution in [1.29, 1.82) is 0 Å². The number of hydrogen-bond donors (Lipinski definition) is 1. The van der Waals surface area contributed by atoms with Gasteiger partial charge in [-0.15, -0.1) is 0 Å². The number of ether oxygens (including phenoxy) is 1. The van der Waals surface area contributed by atoms with Crippen LogP contribution in [0.2, 0.25) is 0 Å². The fraction of sp³-hybridized carbons (Fsp3) is 0.316. The van der Waals surface area contributed by atoms with E-state index in [-0.39, 0.29) is 23.8 Å². The monoisotopic (exact) mass is 361 g/mol. The van der Waals surface area contributed by atoms with Gasteiger partial charge < -0.3 is 10.1 Å². The van der Waals surface area contributed by atoms with Crippen LogP contribution in [0.5, 0.6) is 5.75 Å². The summed E-state index contributed by atoms with van der Waals surface area (Å²) in [5, 5.41) is 2.75. The highest BCUT2D eigenvalue weighted by atomic mass is 32.2. The maximum atomic E-state index is 12.1. The predicted molar refractivity (Wildman–Crippen MR) is 98.9 cm³/mol. The summed E-state index contributed by atoms with van der Waals surface area (Å²) < 4.78 is 29.0. The third-order valence-corrected chi connectivity index (χ3v) is 5.16. The summed E-state index contributed by atoms with van der Waals surface area (Å²) in [6, 6.07) is 10.5. The summed E-state index contributed by atoms with van der Waals surface area (Å²) in [6.45, 7) is 6.05. The SMILES string of the molecule is Cc1ccc(S(C)(=O)=O)cc1NC(=O)CCOc1cccc(C)c1C. The molecule has 0 aliphatic heterocycles.